The van der Waals surface area contributed by atoms with E-state index in [1.54, 1.807) is 5.56 Å². The molecule has 170 valence electrons. The molecule has 32 heavy (non-hydrogen) atoms. The van der Waals surface area contributed by atoms with E-state index < -0.39 is 0 Å². The molecule has 5 rings (SSSR count). The Morgan fingerprint density at radius 3 is 2.53 bits per heavy atom. The molecule has 1 aliphatic carbocycles. The van der Waals surface area contributed by atoms with E-state index in [-0.39, 0.29) is 5.97 Å². The fourth-order valence-corrected chi connectivity index (χ4v) is 6.85. The molecule has 1 spiro atoms. The molecule has 2 heterocycles. The number of methoxy groups -OCH3 is 1. The molecule has 0 bridgehead atoms. The molecule has 0 aromatic heterocycles. The first kappa shape index (κ1) is 22.0. The van der Waals surface area contributed by atoms with Gasteiger partial charge in [0.2, 0.25) is 0 Å². The zero-order valence-corrected chi connectivity index (χ0v) is 20.7. The third-order valence-corrected chi connectivity index (χ3v) is 8.85. The highest BCUT2D eigenvalue weighted by Gasteiger charge is 2.49. The van der Waals surface area contributed by atoms with Crippen LogP contribution < -0.4 is 4.90 Å². The number of anilines is 1. The highest BCUT2D eigenvalue weighted by atomic mass is 79.9. The van der Waals surface area contributed by atoms with E-state index in [0.717, 1.165) is 23.6 Å². The fraction of sp³-hybridized carbons (Fsp3) is 0.519. The minimum atomic E-state index is -0.299. The van der Waals surface area contributed by atoms with Gasteiger partial charge in [0.15, 0.2) is 0 Å². The van der Waals surface area contributed by atoms with E-state index in [1.807, 2.05) is 6.07 Å². The second-order valence-corrected chi connectivity index (χ2v) is 10.8. The predicted octanol–water partition coefficient (Wildman–Crippen LogP) is 6.13. The Morgan fingerprint density at radius 2 is 1.84 bits per heavy atom. The minimum absolute atomic E-state index is 0.299. The lowest BCUT2D eigenvalue weighted by atomic mass is 9.59. The van der Waals surface area contributed by atoms with Crippen LogP contribution in [0, 0.1) is 12.3 Å². The first-order valence-corrected chi connectivity index (χ1v) is 12.7. The summed E-state index contributed by atoms with van der Waals surface area (Å²) in [5.74, 6) is -0.299. The lowest BCUT2D eigenvalue weighted by molar-refractivity contribution is -0.0227. The minimum Gasteiger partial charge on any atom is -0.465 e. The Balaban J connectivity index is 1.19. The first-order chi connectivity index (χ1) is 15.5. The standard InChI is InChI=1S/C27H33BrN2O2/c1-19-6-3-4-7-22(19)25-8-5-13-30(25)21-17-27(18-21)11-14-29(15-12-27)20-9-10-23(24(28)16-20)26(31)32-2/h3-4,6-7,9-10,16,21,25H,5,8,11-15,17-18H2,1-2H3/t25-/m0/s1. The van der Waals surface area contributed by atoms with E-state index in [1.165, 1.54) is 63.4 Å². The summed E-state index contributed by atoms with van der Waals surface area (Å²) >= 11 is 3.54. The summed E-state index contributed by atoms with van der Waals surface area (Å²) in [6, 6.07) is 16.3. The van der Waals surface area contributed by atoms with Crippen molar-refractivity contribution < 1.29 is 9.53 Å². The smallest absolute Gasteiger partial charge is 0.339 e. The SMILES string of the molecule is COC(=O)c1ccc(N2CCC3(CC2)CC(N2CCC[C@H]2c2ccccc2C)C3)cc1Br. The highest BCUT2D eigenvalue weighted by Crippen LogP contribution is 2.54. The number of piperidine rings is 1. The Hall–Kier alpha value is -1.85. The quantitative estimate of drug-likeness (QED) is 0.476. The second-order valence-electron chi connectivity index (χ2n) is 9.96. The number of rotatable bonds is 4. The molecular formula is C27H33BrN2O2. The third kappa shape index (κ3) is 3.99. The maximum atomic E-state index is 11.9. The molecule has 4 nitrogen and oxygen atoms in total. The van der Waals surface area contributed by atoms with Gasteiger partial charge in [0.05, 0.1) is 12.7 Å². The lowest BCUT2D eigenvalue weighted by Crippen LogP contribution is -2.54. The van der Waals surface area contributed by atoms with Crippen molar-refractivity contribution in [3.8, 4) is 0 Å². The average Bonchev–Trinajstić information content (AvgIpc) is 3.26. The lowest BCUT2D eigenvalue weighted by Gasteiger charge is -2.56. The van der Waals surface area contributed by atoms with Gasteiger partial charge in [-0.25, -0.2) is 4.79 Å². The monoisotopic (exact) mass is 496 g/mol. The van der Waals surface area contributed by atoms with Gasteiger partial charge < -0.3 is 9.64 Å². The normalized spacial score (nSPS) is 23.3. The largest absolute Gasteiger partial charge is 0.465 e. The Morgan fingerprint density at radius 1 is 1.09 bits per heavy atom. The van der Waals surface area contributed by atoms with Gasteiger partial charge in [-0.05, 0) is 103 Å². The predicted molar refractivity (Wildman–Crippen MR) is 132 cm³/mol. The van der Waals surface area contributed by atoms with Crippen molar-refractivity contribution in [1.82, 2.24) is 4.90 Å². The Bertz CT molecular complexity index is 991. The summed E-state index contributed by atoms with van der Waals surface area (Å²) in [5, 5.41) is 0. The number of nitrogens with zero attached hydrogens (tertiary/aromatic N) is 2. The summed E-state index contributed by atoms with van der Waals surface area (Å²) in [6.07, 6.45) is 7.87. The van der Waals surface area contributed by atoms with Gasteiger partial charge in [-0.2, -0.15) is 0 Å². The van der Waals surface area contributed by atoms with Gasteiger partial charge in [0.1, 0.15) is 0 Å². The van der Waals surface area contributed by atoms with Crippen LogP contribution in [0.4, 0.5) is 5.69 Å². The molecule has 3 fully saturated rings. The number of aryl methyl sites for hydroxylation is 1. The molecule has 0 unspecified atom stereocenters. The number of carbonyl (C=O) groups excluding carboxylic acids is 1. The second kappa shape index (κ2) is 8.83. The molecule has 0 N–H and O–H groups in total. The summed E-state index contributed by atoms with van der Waals surface area (Å²) in [5.41, 5.74) is 5.29. The van der Waals surface area contributed by atoms with Crippen molar-refractivity contribution >= 4 is 27.6 Å². The van der Waals surface area contributed by atoms with Gasteiger partial charge in [0, 0.05) is 35.3 Å². The maximum absolute atomic E-state index is 11.9. The van der Waals surface area contributed by atoms with Crippen molar-refractivity contribution in [1.29, 1.82) is 0 Å². The Labute approximate surface area is 200 Å². The van der Waals surface area contributed by atoms with Gasteiger partial charge in [-0.15, -0.1) is 0 Å². The van der Waals surface area contributed by atoms with Gasteiger partial charge in [-0.3, -0.25) is 4.90 Å². The topological polar surface area (TPSA) is 32.8 Å². The number of ether oxygens (including phenoxy) is 1. The van der Waals surface area contributed by atoms with Crippen molar-refractivity contribution in [2.24, 2.45) is 5.41 Å². The average molecular weight is 497 g/mol. The molecule has 1 saturated carbocycles. The van der Waals surface area contributed by atoms with Crippen LogP contribution in [0.3, 0.4) is 0 Å². The van der Waals surface area contributed by atoms with E-state index in [2.05, 4.69) is 69.1 Å². The number of likely N-dealkylation sites (tertiary alicyclic amines) is 1. The molecule has 1 atom stereocenters. The number of hydrogen-bond donors (Lipinski definition) is 0. The van der Waals surface area contributed by atoms with Crippen molar-refractivity contribution in [3.05, 3.63) is 63.6 Å². The summed E-state index contributed by atoms with van der Waals surface area (Å²) in [4.78, 5) is 17.1. The van der Waals surface area contributed by atoms with Crippen LogP contribution in [0.25, 0.3) is 0 Å². The van der Waals surface area contributed by atoms with E-state index >= 15 is 0 Å². The zero-order chi connectivity index (χ0) is 22.3. The number of esters is 1. The maximum Gasteiger partial charge on any atom is 0.339 e. The highest BCUT2D eigenvalue weighted by molar-refractivity contribution is 9.10. The molecule has 5 heteroatoms. The van der Waals surface area contributed by atoms with Crippen LogP contribution in [-0.4, -0.2) is 43.7 Å². The summed E-state index contributed by atoms with van der Waals surface area (Å²) < 4.78 is 5.67. The molecule has 0 radical (unpaired) electrons. The number of carbonyl (C=O) groups is 1. The van der Waals surface area contributed by atoms with Crippen LogP contribution in [0.5, 0.6) is 0 Å². The molecule has 2 aliphatic heterocycles. The molecular weight excluding hydrogens is 464 g/mol. The van der Waals surface area contributed by atoms with Crippen LogP contribution in [-0.2, 0) is 4.74 Å². The van der Waals surface area contributed by atoms with Crippen LogP contribution in [0.2, 0.25) is 0 Å². The van der Waals surface area contributed by atoms with E-state index in [9.17, 15) is 4.79 Å². The van der Waals surface area contributed by atoms with Crippen LogP contribution >= 0.6 is 15.9 Å². The van der Waals surface area contributed by atoms with Crippen molar-refractivity contribution in [2.75, 3.05) is 31.6 Å². The summed E-state index contributed by atoms with van der Waals surface area (Å²) in [7, 11) is 1.42. The van der Waals surface area contributed by atoms with E-state index in [4.69, 9.17) is 4.74 Å². The molecule has 0 amide bonds. The van der Waals surface area contributed by atoms with Crippen LogP contribution in [0.15, 0.2) is 46.9 Å². The number of hydrogen-bond acceptors (Lipinski definition) is 4. The number of halogens is 1. The Kier molecular flexibility index (Phi) is 6.06. The zero-order valence-electron chi connectivity index (χ0n) is 19.1. The summed E-state index contributed by atoms with van der Waals surface area (Å²) in [6.45, 7) is 5.71. The van der Waals surface area contributed by atoms with Crippen LogP contribution in [0.1, 0.15) is 66.1 Å². The van der Waals surface area contributed by atoms with Gasteiger partial charge in [0.25, 0.3) is 0 Å². The van der Waals surface area contributed by atoms with Gasteiger partial charge >= 0.3 is 5.97 Å². The van der Waals surface area contributed by atoms with Gasteiger partial charge in [-0.1, -0.05) is 24.3 Å². The third-order valence-electron chi connectivity index (χ3n) is 8.20. The molecule has 2 saturated heterocycles. The van der Waals surface area contributed by atoms with E-state index in [0.29, 0.717) is 17.0 Å². The fourth-order valence-electron chi connectivity index (χ4n) is 6.32. The van der Waals surface area contributed by atoms with Crippen molar-refractivity contribution in [2.45, 2.75) is 57.5 Å². The first-order valence-electron chi connectivity index (χ1n) is 11.9. The number of benzene rings is 2. The van der Waals surface area contributed by atoms with Crippen molar-refractivity contribution in [3.63, 3.8) is 0 Å². The molecule has 3 aliphatic rings. The molecule has 2 aromatic carbocycles. The molecule has 2 aromatic rings.